The van der Waals surface area contributed by atoms with Crippen LogP contribution in [0.1, 0.15) is 17.1 Å². The van der Waals surface area contributed by atoms with Crippen LogP contribution < -0.4 is 5.32 Å². The van der Waals surface area contributed by atoms with Gasteiger partial charge in [0.15, 0.2) is 11.7 Å². The molecule has 0 aromatic carbocycles. The highest BCUT2D eigenvalue weighted by Gasteiger charge is 2.10. The minimum Gasteiger partial charge on any atom is -0.359 e. The average molecular weight is 354 g/mol. The van der Waals surface area contributed by atoms with E-state index in [1.807, 2.05) is 33.3 Å². The van der Waals surface area contributed by atoms with E-state index >= 15 is 0 Å². The van der Waals surface area contributed by atoms with Gasteiger partial charge in [0, 0.05) is 43.6 Å². The zero-order valence-corrected chi connectivity index (χ0v) is 14.3. The third-order valence-electron chi connectivity index (χ3n) is 3.14. The number of halogens is 1. The molecule has 0 aliphatic rings. The molecule has 0 saturated heterocycles. The Hall–Kier alpha value is -1.76. The third-order valence-corrected chi connectivity index (χ3v) is 3.58. The van der Waals surface area contributed by atoms with Gasteiger partial charge in [-0.25, -0.2) is 0 Å². The molecular weight excluding hydrogens is 334 g/mol. The molecule has 21 heavy (non-hydrogen) atoms. The normalized spacial score (nSPS) is 11.8. The van der Waals surface area contributed by atoms with Crippen molar-refractivity contribution in [2.24, 2.45) is 12.0 Å². The Kier molecular flexibility index (Phi) is 5.06. The SMILES string of the molecule is CN=C(NCc1cc(C)no1)N(C)Cc1cc(Br)cn1C. The fourth-order valence-corrected chi connectivity index (χ4v) is 2.66. The second kappa shape index (κ2) is 6.80. The summed E-state index contributed by atoms with van der Waals surface area (Å²) >= 11 is 3.49. The van der Waals surface area contributed by atoms with E-state index in [0.717, 1.165) is 28.4 Å². The molecule has 0 aliphatic carbocycles. The van der Waals surface area contributed by atoms with Crippen molar-refractivity contribution in [3.05, 3.63) is 40.0 Å². The molecule has 0 bridgehead atoms. The van der Waals surface area contributed by atoms with Gasteiger partial charge in [-0.05, 0) is 28.9 Å². The largest absolute Gasteiger partial charge is 0.359 e. The molecule has 0 atom stereocenters. The molecule has 2 rings (SSSR count). The van der Waals surface area contributed by atoms with E-state index in [2.05, 4.69) is 46.9 Å². The van der Waals surface area contributed by atoms with Crippen molar-refractivity contribution < 1.29 is 4.52 Å². The van der Waals surface area contributed by atoms with Gasteiger partial charge in [-0.1, -0.05) is 5.16 Å². The van der Waals surface area contributed by atoms with Crippen LogP contribution in [0.3, 0.4) is 0 Å². The zero-order valence-electron chi connectivity index (χ0n) is 12.7. The summed E-state index contributed by atoms with van der Waals surface area (Å²) < 4.78 is 8.35. The Bertz CT molecular complexity index is 631. The summed E-state index contributed by atoms with van der Waals surface area (Å²) in [7, 11) is 5.80. The van der Waals surface area contributed by atoms with Crippen molar-refractivity contribution in [1.29, 1.82) is 0 Å². The molecule has 2 heterocycles. The van der Waals surface area contributed by atoms with E-state index in [-0.39, 0.29) is 0 Å². The van der Waals surface area contributed by atoms with E-state index in [1.54, 1.807) is 7.05 Å². The number of nitrogens with zero attached hydrogens (tertiary/aromatic N) is 4. The van der Waals surface area contributed by atoms with Crippen LogP contribution in [-0.4, -0.2) is 34.7 Å². The fraction of sp³-hybridized carbons (Fsp3) is 0.429. The zero-order chi connectivity index (χ0) is 15.4. The number of aromatic nitrogens is 2. The van der Waals surface area contributed by atoms with Gasteiger partial charge in [-0.15, -0.1) is 0 Å². The average Bonchev–Trinajstić information content (AvgIpc) is 2.96. The Balaban J connectivity index is 1.95. The van der Waals surface area contributed by atoms with Crippen LogP contribution in [0.2, 0.25) is 0 Å². The predicted molar refractivity (Wildman–Crippen MR) is 86.0 cm³/mol. The van der Waals surface area contributed by atoms with Crippen molar-refractivity contribution in [3.8, 4) is 0 Å². The van der Waals surface area contributed by atoms with E-state index in [9.17, 15) is 0 Å². The topological polar surface area (TPSA) is 58.6 Å². The second-order valence-corrected chi connectivity index (χ2v) is 5.87. The minimum atomic E-state index is 0.564. The van der Waals surface area contributed by atoms with Crippen LogP contribution in [-0.2, 0) is 20.1 Å². The number of aryl methyl sites for hydroxylation is 2. The van der Waals surface area contributed by atoms with Crippen molar-refractivity contribution in [1.82, 2.24) is 19.9 Å². The molecule has 0 aliphatic heterocycles. The first-order valence-corrected chi connectivity index (χ1v) is 7.43. The number of rotatable bonds is 4. The van der Waals surface area contributed by atoms with Gasteiger partial charge in [-0.3, -0.25) is 4.99 Å². The maximum Gasteiger partial charge on any atom is 0.194 e. The van der Waals surface area contributed by atoms with Gasteiger partial charge in [0.1, 0.15) is 0 Å². The number of hydrogen-bond donors (Lipinski definition) is 1. The third kappa shape index (κ3) is 4.10. The Morgan fingerprint density at radius 2 is 2.29 bits per heavy atom. The lowest BCUT2D eigenvalue weighted by Gasteiger charge is -2.21. The maximum absolute atomic E-state index is 5.18. The van der Waals surface area contributed by atoms with E-state index in [4.69, 9.17) is 4.52 Å². The lowest BCUT2D eigenvalue weighted by Crippen LogP contribution is -2.38. The molecule has 114 valence electrons. The summed E-state index contributed by atoms with van der Waals surface area (Å²) in [5, 5.41) is 7.14. The van der Waals surface area contributed by atoms with Crippen LogP contribution in [0.4, 0.5) is 0 Å². The second-order valence-electron chi connectivity index (χ2n) is 4.95. The van der Waals surface area contributed by atoms with Crippen LogP contribution in [0.25, 0.3) is 0 Å². The van der Waals surface area contributed by atoms with E-state index in [0.29, 0.717) is 6.54 Å². The van der Waals surface area contributed by atoms with Crippen molar-refractivity contribution in [2.75, 3.05) is 14.1 Å². The molecule has 2 aromatic rings. The van der Waals surface area contributed by atoms with Gasteiger partial charge < -0.3 is 19.3 Å². The summed E-state index contributed by atoms with van der Waals surface area (Å²) in [6.45, 7) is 3.23. The maximum atomic E-state index is 5.18. The quantitative estimate of drug-likeness (QED) is 0.676. The molecule has 2 aromatic heterocycles. The van der Waals surface area contributed by atoms with Gasteiger partial charge in [0.25, 0.3) is 0 Å². The Morgan fingerprint density at radius 1 is 1.52 bits per heavy atom. The number of nitrogens with one attached hydrogen (secondary N) is 1. The lowest BCUT2D eigenvalue weighted by molar-refractivity contribution is 0.372. The summed E-state index contributed by atoms with van der Waals surface area (Å²) in [6.07, 6.45) is 2.04. The lowest BCUT2D eigenvalue weighted by atomic mass is 10.4. The highest BCUT2D eigenvalue weighted by Crippen LogP contribution is 2.15. The highest BCUT2D eigenvalue weighted by atomic mass is 79.9. The van der Waals surface area contributed by atoms with Crippen LogP contribution in [0.15, 0.2) is 32.3 Å². The first kappa shape index (κ1) is 15.6. The Morgan fingerprint density at radius 3 is 2.81 bits per heavy atom. The monoisotopic (exact) mass is 353 g/mol. The van der Waals surface area contributed by atoms with Gasteiger partial charge in [0.2, 0.25) is 0 Å². The minimum absolute atomic E-state index is 0.564. The van der Waals surface area contributed by atoms with Crippen molar-refractivity contribution >= 4 is 21.9 Å². The Labute approximate surface area is 133 Å². The summed E-state index contributed by atoms with van der Waals surface area (Å²) in [6, 6.07) is 4.01. The summed E-state index contributed by atoms with van der Waals surface area (Å²) in [4.78, 5) is 6.35. The molecule has 1 N–H and O–H groups in total. The molecule has 7 heteroatoms. The van der Waals surface area contributed by atoms with Crippen LogP contribution >= 0.6 is 15.9 Å². The predicted octanol–water partition coefficient (Wildman–Crippen LogP) is 2.29. The molecule has 0 radical (unpaired) electrons. The van der Waals surface area contributed by atoms with Gasteiger partial charge in [0.05, 0.1) is 18.8 Å². The first-order valence-electron chi connectivity index (χ1n) is 6.64. The number of aliphatic imine (C=N–C) groups is 1. The van der Waals surface area contributed by atoms with Gasteiger partial charge >= 0.3 is 0 Å². The van der Waals surface area contributed by atoms with Crippen molar-refractivity contribution in [2.45, 2.75) is 20.0 Å². The standard InChI is InChI=1S/C14H20BrN5O/c1-10-5-13(21-18-10)7-17-14(16-2)20(4)9-12-6-11(15)8-19(12)3/h5-6,8H,7,9H2,1-4H3,(H,16,17). The molecule has 0 saturated carbocycles. The first-order chi connectivity index (χ1) is 9.99. The summed E-state index contributed by atoms with van der Waals surface area (Å²) in [5.41, 5.74) is 2.08. The van der Waals surface area contributed by atoms with Gasteiger partial charge in [-0.2, -0.15) is 0 Å². The highest BCUT2D eigenvalue weighted by molar-refractivity contribution is 9.10. The van der Waals surface area contributed by atoms with Crippen LogP contribution in [0.5, 0.6) is 0 Å². The molecule has 0 spiro atoms. The molecule has 6 nitrogen and oxygen atoms in total. The molecule has 0 fully saturated rings. The van der Waals surface area contributed by atoms with Crippen molar-refractivity contribution in [3.63, 3.8) is 0 Å². The molecule has 0 unspecified atom stereocenters. The number of guanidine groups is 1. The smallest absolute Gasteiger partial charge is 0.194 e. The number of hydrogen-bond acceptors (Lipinski definition) is 3. The fourth-order valence-electron chi connectivity index (χ4n) is 2.09. The van der Waals surface area contributed by atoms with Crippen LogP contribution in [0, 0.1) is 6.92 Å². The summed E-state index contributed by atoms with van der Waals surface area (Å²) in [5.74, 6) is 1.60. The molecule has 0 amide bonds. The van der Waals surface area contributed by atoms with E-state index < -0.39 is 0 Å². The van der Waals surface area contributed by atoms with E-state index in [1.165, 1.54) is 5.69 Å². The molecular formula is C14H20BrN5O.